The maximum atomic E-state index is 13.2. The quantitative estimate of drug-likeness (QED) is 0.688. The van der Waals surface area contributed by atoms with Gasteiger partial charge in [-0.1, -0.05) is 18.2 Å². The second kappa shape index (κ2) is 7.26. The minimum atomic E-state index is -0.471. The molecule has 0 unspecified atom stereocenters. The Labute approximate surface area is 161 Å². The third-order valence-corrected chi connectivity index (χ3v) is 4.90. The van der Waals surface area contributed by atoms with Crippen molar-refractivity contribution in [2.75, 3.05) is 0 Å². The maximum Gasteiger partial charge on any atom is 0.290 e. The van der Waals surface area contributed by atoms with Crippen LogP contribution in [0.15, 0.2) is 48.5 Å². The number of hydrogen-bond donors (Lipinski definition) is 2. The number of nitrogens with zero attached hydrogens (tertiary/aromatic N) is 2. The van der Waals surface area contributed by atoms with E-state index in [-0.39, 0.29) is 17.4 Å². The van der Waals surface area contributed by atoms with Gasteiger partial charge in [-0.15, -0.1) is 0 Å². The van der Waals surface area contributed by atoms with Gasteiger partial charge in [0.15, 0.2) is 5.69 Å². The molecule has 4 rings (SSSR count). The van der Waals surface area contributed by atoms with Gasteiger partial charge in [-0.3, -0.25) is 20.4 Å². The van der Waals surface area contributed by atoms with Crippen molar-refractivity contribution in [3.8, 4) is 5.69 Å². The molecular formula is C21H19FN4O2. The number of nitrogens with one attached hydrogen (secondary N) is 2. The summed E-state index contributed by atoms with van der Waals surface area (Å²) in [5.41, 5.74) is 9.00. The molecular weight excluding hydrogens is 359 g/mol. The van der Waals surface area contributed by atoms with Gasteiger partial charge in [-0.05, 0) is 62.1 Å². The van der Waals surface area contributed by atoms with Crippen LogP contribution in [0.1, 0.15) is 44.1 Å². The van der Waals surface area contributed by atoms with Crippen LogP contribution in [0.25, 0.3) is 5.69 Å². The highest BCUT2D eigenvalue weighted by Gasteiger charge is 2.27. The summed E-state index contributed by atoms with van der Waals surface area (Å²) in [6.07, 6.45) is 2.46. The Morgan fingerprint density at radius 3 is 2.46 bits per heavy atom. The molecule has 2 N–H and O–H groups in total. The number of rotatable bonds is 3. The van der Waals surface area contributed by atoms with E-state index in [2.05, 4.69) is 16.0 Å². The zero-order valence-electron chi connectivity index (χ0n) is 15.3. The van der Waals surface area contributed by atoms with Crippen molar-refractivity contribution < 1.29 is 14.0 Å². The number of carbonyl (C=O) groups is 2. The maximum absolute atomic E-state index is 13.2. The Morgan fingerprint density at radius 1 is 1.00 bits per heavy atom. The number of fused-ring (bicyclic) bond motifs is 1. The molecule has 0 fully saturated rings. The summed E-state index contributed by atoms with van der Waals surface area (Å²) in [5.74, 6) is -1.19. The van der Waals surface area contributed by atoms with Crippen molar-refractivity contribution in [3.63, 3.8) is 0 Å². The van der Waals surface area contributed by atoms with Crippen LogP contribution < -0.4 is 10.9 Å². The summed E-state index contributed by atoms with van der Waals surface area (Å²) >= 11 is 0. The molecule has 0 aliphatic heterocycles. The first kappa shape index (κ1) is 17.9. The first-order valence-corrected chi connectivity index (χ1v) is 9.07. The molecule has 1 aromatic heterocycles. The number of benzene rings is 2. The third kappa shape index (κ3) is 3.26. The van der Waals surface area contributed by atoms with E-state index < -0.39 is 5.91 Å². The van der Waals surface area contributed by atoms with Crippen LogP contribution in [-0.4, -0.2) is 21.6 Å². The first-order valence-electron chi connectivity index (χ1n) is 9.07. The second-order valence-electron chi connectivity index (χ2n) is 6.74. The fourth-order valence-electron chi connectivity index (χ4n) is 3.48. The SMILES string of the molecule is Cc1ccccc1C(=O)NNC(=O)c1nn(-c2ccc(F)cc2)c2c1CCC2. The number of hydrogen-bond acceptors (Lipinski definition) is 3. The van der Waals surface area contributed by atoms with Crippen LogP contribution >= 0.6 is 0 Å². The van der Waals surface area contributed by atoms with E-state index in [9.17, 15) is 14.0 Å². The number of aromatic nitrogens is 2. The lowest BCUT2D eigenvalue weighted by molar-refractivity contribution is 0.0842. The zero-order valence-corrected chi connectivity index (χ0v) is 15.3. The Balaban J connectivity index is 1.55. The van der Waals surface area contributed by atoms with Crippen LogP contribution in [0.2, 0.25) is 0 Å². The van der Waals surface area contributed by atoms with Gasteiger partial charge in [-0.2, -0.15) is 5.10 Å². The molecule has 0 radical (unpaired) electrons. The van der Waals surface area contributed by atoms with Crippen LogP contribution in [0, 0.1) is 12.7 Å². The topological polar surface area (TPSA) is 76.0 Å². The standard InChI is InChI=1S/C21H19FN4O2/c1-13-5-2-3-6-16(13)20(27)23-24-21(28)19-17-7-4-8-18(17)26(25-19)15-11-9-14(22)10-12-15/h2-3,5-6,9-12H,4,7-8H2,1H3,(H,23,27)(H,24,28). The molecule has 0 bridgehead atoms. The summed E-state index contributed by atoms with van der Waals surface area (Å²) in [6, 6.07) is 13.1. The van der Waals surface area contributed by atoms with Crippen LogP contribution in [0.5, 0.6) is 0 Å². The van der Waals surface area contributed by atoms with Gasteiger partial charge in [0.05, 0.1) is 5.69 Å². The highest BCUT2D eigenvalue weighted by Crippen LogP contribution is 2.27. The molecule has 28 heavy (non-hydrogen) atoms. The summed E-state index contributed by atoms with van der Waals surface area (Å²) in [6.45, 7) is 1.83. The fraction of sp³-hybridized carbons (Fsp3) is 0.190. The van der Waals surface area contributed by atoms with E-state index in [0.717, 1.165) is 36.1 Å². The van der Waals surface area contributed by atoms with Crippen molar-refractivity contribution >= 4 is 11.8 Å². The summed E-state index contributed by atoms with van der Waals surface area (Å²) in [5, 5.41) is 4.43. The van der Waals surface area contributed by atoms with Crippen molar-refractivity contribution in [1.29, 1.82) is 0 Å². The number of amides is 2. The van der Waals surface area contributed by atoms with Crippen LogP contribution in [0.3, 0.4) is 0 Å². The van der Waals surface area contributed by atoms with E-state index in [1.807, 2.05) is 19.1 Å². The van der Waals surface area contributed by atoms with E-state index >= 15 is 0 Å². The minimum absolute atomic E-state index is 0.280. The number of halogens is 1. The molecule has 1 aliphatic carbocycles. The number of aryl methyl sites for hydroxylation is 1. The lowest BCUT2D eigenvalue weighted by Gasteiger charge is -2.08. The molecule has 1 aliphatic rings. The molecule has 1 heterocycles. The average molecular weight is 378 g/mol. The summed E-state index contributed by atoms with van der Waals surface area (Å²) in [7, 11) is 0. The summed E-state index contributed by atoms with van der Waals surface area (Å²) in [4.78, 5) is 25.0. The van der Waals surface area contributed by atoms with E-state index in [1.54, 1.807) is 28.9 Å². The normalized spacial score (nSPS) is 12.5. The molecule has 7 heteroatoms. The first-order chi connectivity index (χ1) is 13.5. The summed E-state index contributed by atoms with van der Waals surface area (Å²) < 4.78 is 14.9. The van der Waals surface area contributed by atoms with Crippen molar-refractivity contribution in [1.82, 2.24) is 20.6 Å². The average Bonchev–Trinajstić information content (AvgIpc) is 3.30. The Kier molecular flexibility index (Phi) is 4.65. The fourth-order valence-corrected chi connectivity index (χ4v) is 3.48. The Morgan fingerprint density at radius 2 is 1.71 bits per heavy atom. The molecule has 0 atom stereocenters. The molecule has 3 aromatic rings. The van der Waals surface area contributed by atoms with Gasteiger partial charge >= 0.3 is 0 Å². The predicted octanol–water partition coefficient (Wildman–Crippen LogP) is 2.88. The van der Waals surface area contributed by atoms with Gasteiger partial charge < -0.3 is 0 Å². The van der Waals surface area contributed by atoms with E-state index in [1.165, 1.54) is 12.1 Å². The molecule has 0 saturated heterocycles. The molecule has 6 nitrogen and oxygen atoms in total. The van der Waals surface area contributed by atoms with Crippen molar-refractivity contribution in [2.24, 2.45) is 0 Å². The number of carbonyl (C=O) groups excluding carboxylic acids is 2. The monoisotopic (exact) mass is 378 g/mol. The van der Waals surface area contributed by atoms with Gasteiger partial charge in [-0.25, -0.2) is 9.07 Å². The smallest absolute Gasteiger partial charge is 0.267 e. The second-order valence-corrected chi connectivity index (χ2v) is 6.74. The Hall–Kier alpha value is -3.48. The van der Waals surface area contributed by atoms with E-state index in [4.69, 9.17) is 0 Å². The lowest BCUT2D eigenvalue weighted by atomic mass is 10.1. The van der Waals surface area contributed by atoms with E-state index in [0.29, 0.717) is 11.3 Å². The zero-order chi connectivity index (χ0) is 19.7. The highest BCUT2D eigenvalue weighted by atomic mass is 19.1. The van der Waals surface area contributed by atoms with Gasteiger partial charge in [0.1, 0.15) is 5.82 Å². The predicted molar refractivity (Wildman–Crippen MR) is 102 cm³/mol. The lowest BCUT2D eigenvalue weighted by Crippen LogP contribution is -2.42. The van der Waals surface area contributed by atoms with Gasteiger partial charge in [0.2, 0.25) is 0 Å². The number of hydrazine groups is 1. The molecule has 2 amide bonds. The van der Waals surface area contributed by atoms with Crippen LogP contribution in [-0.2, 0) is 12.8 Å². The largest absolute Gasteiger partial charge is 0.290 e. The van der Waals surface area contributed by atoms with Crippen LogP contribution in [0.4, 0.5) is 4.39 Å². The highest BCUT2D eigenvalue weighted by molar-refractivity contribution is 5.99. The van der Waals surface area contributed by atoms with Crippen molar-refractivity contribution in [3.05, 3.63) is 82.4 Å². The Bertz CT molecular complexity index is 1060. The third-order valence-electron chi connectivity index (χ3n) is 4.90. The van der Waals surface area contributed by atoms with Gasteiger partial charge in [0, 0.05) is 16.8 Å². The molecule has 142 valence electrons. The molecule has 0 spiro atoms. The van der Waals surface area contributed by atoms with Gasteiger partial charge in [0.25, 0.3) is 11.8 Å². The molecule has 0 saturated carbocycles. The molecule has 2 aromatic carbocycles. The van der Waals surface area contributed by atoms with Crippen molar-refractivity contribution in [2.45, 2.75) is 26.2 Å². The minimum Gasteiger partial charge on any atom is -0.267 e.